The Morgan fingerprint density at radius 3 is 2.92 bits per heavy atom. The van der Waals surface area contributed by atoms with Crippen LogP contribution >= 0.6 is 0 Å². The molecule has 134 valence electrons. The first-order valence-corrected chi connectivity index (χ1v) is 8.81. The molecule has 1 atom stereocenters. The summed E-state index contributed by atoms with van der Waals surface area (Å²) >= 11 is 0. The first kappa shape index (κ1) is 16.7. The zero-order valence-electron chi connectivity index (χ0n) is 14.9. The third kappa shape index (κ3) is 2.74. The zero-order chi connectivity index (χ0) is 18.3. The highest BCUT2D eigenvalue weighted by Gasteiger charge is 2.42. The second-order valence-corrected chi connectivity index (χ2v) is 7.16. The molecule has 3 aromatic rings. The highest BCUT2D eigenvalue weighted by molar-refractivity contribution is 5.94. The number of aromatic nitrogens is 4. The van der Waals surface area contributed by atoms with Crippen molar-refractivity contribution in [2.24, 2.45) is 11.7 Å². The summed E-state index contributed by atoms with van der Waals surface area (Å²) in [6.07, 6.45) is 5.75. The van der Waals surface area contributed by atoms with Gasteiger partial charge in [-0.2, -0.15) is 0 Å². The first-order valence-electron chi connectivity index (χ1n) is 8.81. The minimum Gasteiger partial charge on any atom is -0.344 e. The largest absolute Gasteiger partial charge is 0.344 e. The number of fused-ring (bicyclic) bond motifs is 1. The van der Waals surface area contributed by atoms with E-state index in [-0.39, 0.29) is 5.91 Å². The fourth-order valence-electron chi connectivity index (χ4n) is 3.42. The van der Waals surface area contributed by atoms with Crippen molar-refractivity contribution in [3.8, 4) is 5.69 Å². The topological polar surface area (TPSA) is 98.7 Å². The summed E-state index contributed by atoms with van der Waals surface area (Å²) in [5.74, 6) is 0.216. The number of carbonyl (C=O) groups excluding carboxylic acids is 1. The molecule has 26 heavy (non-hydrogen) atoms. The third-order valence-electron chi connectivity index (χ3n) is 5.30. The molecule has 2 heterocycles. The van der Waals surface area contributed by atoms with Crippen LogP contribution in [0, 0.1) is 12.8 Å². The second-order valence-electron chi connectivity index (χ2n) is 7.16. The highest BCUT2D eigenvalue weighted by Crippen LogP contribution is 2.39. The molecule has 0 saturated heterocycles. The summed E-state index contributed by atoms with van der Waals surface area (Å²) in [6.45, 7) is 4.26. The van der Waals surface area contributed by atoms with Gasteiger partial charge < -0.3 is 11.1 Å². The average Bonchev–Trinajstić information content (AvgIpc) is 3.44. The van der Waals surface area contributed by atoms with E-state index in [1.54, 1.807) is 17.1 Å². The number of amides is 1. The smallest absolute Gasteiger partial charge is 0.274 e. The van der Waals surface area contributed by atoms with Crippen molar-refractivity contribution in [1.82, 2.24) is 25.3 Å². The van der Waals surface area contributed by atoms with Gasteiger partial charge in [0.2, 0.25) is 0 Å². The molecule has 1 aliphatic rings. The number of nitrogens with two attached hydrogens (primary N) is 1. The van der Waals surface area contributed by atoms with E-state index >= 15 is 0 Å². The lowest BCUT2D eigenvalue weighted by Crippen LogP contribution is -2.53. The van der Waals surface area contributed by atoms with Gasteiger partial charge in [-0.3, -0.25) is 9.78 Å². The Bertz CT molecular complexity index is 972. The molecule has 1 fully saturated rings. The molecule has 0 bridgehead atoms. The van der Waals surface area contributed by atoms with Gasteiger partial charge in [-0.15, -0.1) is 5.10 Å². The average molecular weight is 350 g/mol. The van der Waals surface area contributed by atoms with Crippen molar-refractivity contribution in [3.63, 3.8) is 0 Å². The molecule has 7 nitrogen and oxygen atoms in total. The quantitative estimate of drug-likeness (QED) is 0.733. The molecule has 1 amide bonds. The van der Waals surface area contributed by atoms with E-state index in [1.165, 1.54) is 0 Å². The Morgan fingerprint density at radius 2 is 2.19 bits per heavy atom. The number of nitrogens with zero attached hydrogens (tertiary/aromatic N) is 4. The van der Waals surface area contributed by atoms with E-state index in [2.05, 4.69) is 20.6 Å². The number of nitrogens with one attached hydrogen (secondary N) is 1. The van der Waals surface area contributed by atoms with Gasteiger partial charge in [-0.1, -0.05) is 17.3 Å². The van der Waals surface area contributed by atoms with E-state index in [0.29, 0.717) is 23.9 Å². The molecule has 1 aliphatic carbocycles. The van der Waals surface area contributed by atoms with Gasteiger partial charge in [0, 0.05) is 29.7 Å². The number of pyridine rings is 1. The third-order valence-corrected chi connectivity index (χ3v) is 5.30. The Morgan fingerprint density at radius 1 is 1.38 bits per heavy atom. The lowest BCUT2D eigenvalue weighted by atomic mass is 9.95. The molecule has 1 aromatic carbocycles. The van der Waals surface area contributed by atoms with E-state index in [9.17, 15) is 4.79 Å². The van der Waals surface area contributed by atoms with Crippen LogP contribution < -0.4 is 11.1 Å². The summed E-state index contributed by atoms with van der Waals surface area (Å²) in [6, 6.07) is 7.83. The Kier molecular flexibility index (Phi) is 3.96. The fourth-order valence-corrected chi connectivity index (χ4v) is 3.42. The minimum absolute atomic E-state index is 0.226. The summed E-state index contributed by atoms with van der Waals surface area (Å²) in [4.78, 5) is 16.9. The highest BCUT2D eigenvalue weighted by atomic mass is 16.2. The van der Waals surface area contributed by atoms with Crippen LogP contribution in [0.4, 0.5) is 0 Å². The monoisotopic (exact) mass is 350 g/mol. The fraction of sp³-hybridized carbons (Fsp3) is 0.368. The van der Waals surface area contributed by atoms with Crippen LogP contribution in [0.3, 0.4) is 0 Å². The minimum atomic E-state index is -0.390. The predicted octanol–water partition coefficient (Wildman–Crippen LogP) is 1.98. The maximum atomic E-state index is 12.8. The molecular weight excluding hydrogens is 328 g/mol. The van der Waals surface area contributed by atoms with Gasteiger partial charge in [-0.25, -0.2) is 4.68 Å². The molecule has 3 N–H and O–H groups in total. The van der Waals surface area contributed by atoms with Crippen molar-refractivity contribution in [1.29, 1.82) is 0 Å². The SMILES string of the molecule is Cc1c(C(=O)NC(C)(CN)C2CC2)nnn1-c1cccc2cnccc12. The van der Waals surface area contributed by atoms with Crippen LogP contribution in [0.25, 0.3) is 16.5 Å². The van der Waals surface area contributed by atoms with Crippen molar-refractivity contribution in [3.05, 3.63) is 48.0 Å². The van der Waals surface area contributed by atoms with Crippen molar-refractivity contribution < 1.29 is 4.79 Å². The van der Waals surface area contributed by atoms with Crippen molar-refractivity contribution in [2.75, 3.05) is 6.54 Å². The lowest BCUT2D eigenvalue weighted by molar-refractivity contribution is 0.0892. The van der Waals surface area contributed by atoms with Crippen molar-refractivity contribution in [2.45, 2.75) is 32.2 Å². The number of rotatable bonds is 5. The molecule has 0 aliphatic heterocycles. The molecule has 7 heteroatoms. The van der Waals surface area contributed by atoms with Crippen molar-refractivity contribution >= 4 is 16.7 Å². The molecular formula is C19H22N6O. The standard InChI is InChI=1S/C19H22N6O/c1-12-17(18(26)22-19(2,11-20)14-6-7-14)23-24-25(12)16-5-3-4-13-10-21-9-8-15(13)16/h3-5,8-10,14H,6-7,11,20H2,1-2H3,(H,22,26). The molecule has 1 unspecified atom stereocenters. The number of hydrogen-bond donors (Lipinski definition) is 2. The van der Waals surface area contributed by atoms with Crippen LogP contribution in [0.1, 0.15) is 35.9 Å². The van der Waals surface area contributed by atoms with Gasteiger partial charge in [0.05, 0.1) is 16.9 Å². The summed E-state index contributed by atoms with van der Waals surface area (Å²) < 4.78 is 1.70. The van der Waals surface area contributed by atoms with Gasteiger partial charge in [0.1, 0.15) is 0 Å². The molecule has 4 rings (SSSR count). The number of carbonyl (C=O) groups is 1. The number of hydrogen-bond acceptors (Lipinski definition) is 5. The molecule has 1 saturated carbocycles. The lowest BCUT2D eigenvalue weighted by Gasteiger charge is -2.29. The van der Waals surface area contributed by atoms with Crippen LogP contribution in [0.5, 0.6) is 0 Å². The zero-order valence-corrected chi connectivity index (χ0v) is 14.9. The van der Waals surface area contributed by atoms with Gasteiger partial charge in [-0.05, 0) is 44.7 Å². The van der Waals surface area contributed by atoms with Crippen LogP contribution in [-0.4, -0.2) is 38.0 Å². The van der Waals surface area contributed by atoms with Gasteiger partial charge >= 0.3 is 0 Å². The maximum Gasteiger partial charge on any atom is 0.274 e. The molecule has 0 radical (unpaired) electrons. The normalized spacial score (nSPS) is 16.4. The predicted molar refractivity (Wildman–Crippen MR) is 99.0 cm³/mol. The Balaban J connectivity index is 1.69. The summed E-state index contributed by atoms with van der Waals surface area (Å²) in [5, 5.41) is 13.5. The maximum absolute atomic E-state index is 12.8. The Labute approximate surface area is 151 Å². The first-order chi connectivity index (χ1) is 12.5. The van der Waals surface area contributed by atoms with E-state index in [1.807, 2.05) is 38.1 Å². The van der Waals surface area contributed by atoms with E-state index in [0.717, 1.165) is 29.3 Å². The van der Waals surface area contributed by atoms with E-state index < -0.39 is 5.54 Å². The van der Waals surface area contributed by atoms with Crippen LogP contribution in [-0.2, 0) is 0 Å². The van der Waals surface area contributed by atoms with Gasteiger partial charge in [0.15, 0.2) is 5.69 Å². The van der Waals surface area contributed by atoms with Crippen LogP contribution in [0.2, 0.25) is 0 Å². The van der Waals surface area contributed by atoms with Gasteiger partial charge in [0.25, 0.3) is 5.91 Å². The summed E-state index contributed by atoms with van der Waals surface area (Å²) in [5.41, 5.74) is 7.42. The number of benzene rings is 1. The van der Waals surface area contributed by atoms with E-state index in [4.69, 9.17) is 5.73 Å². The Hall–Kier alpha value is -2.80. The summed E-state index contributed by atoms with van der Waals surface area (Å²) in [7, 11) is 0. The second kappa shape index (κ2) is 6.17. The van der Waals surface area contributed by atoms with Crippen LogP contribution in [0.15, 0.2) is 36.7 Å². The molecule has 2 aromatic heterocycles. The molecule has 0 spiro atoms.